The first-order valence-corrected chi connectivity index (χ1v) is 10.8. The van der Waals surface area contributed by atoms with Crippen LogP contribution >= 0.6 is 23.2 Å². The predicted octanol–water partition coefficient (Wildman–Crippen LogP) is 1.74. The summed E-state index contributed by atoms with van der Waals surface area (Å²) in [5.41, 5.74) is 0.778. The largest absolute Gasteiger partial charge is 0.395 e. The number of aliphatic hydroxyl groups is 2. The maximum atomic E-state index is 12.5. The van der Waals surface area contributed by atoms with Crippen LogP contribution < -0.4 is 0 Å². The Kier molecular flexibility index (Phi) is 10.6. The van der Waals surface area contributed by atoms with Gasteiger partial charge in [0.15, 0.2) is 0 Å². The Labute approximate surface area is 187 Å². The van der Waals surface area contributed by atoms with Gasteiger partial charge in [0.2, 0.25) is 11.8 Å². The molecule has 0 saturated carbocycles. The minimum absolute atomic E-state index is 0.0367. The Hall–Kier alpha value is -1.64. The average Bonchev–Trinajstić information content (AvgIpc) is 2.91. The highest BCUT2D eigenvalue weighted by molar-refractivity contribution is 6.42. The molecule has 0 aliphatic carbocycles. The van der Waals surface area contributed by atoms with Gasteiger partial charge in [-0.15, -0.1) is 0 Å². The van der Waals surface area contributed by atoms with Gasteiger partial charge in [0.05, 0.1) is 23.3 Å². The number of nitrogens with zero attached hydrogens (tertiary/aromatic N) is 3. The van der Waals surface area contributed by atoms with E-state index in [1.165, 1.54) is 6.08 Å². The van der Waals surface area contributed by atoms with Crippen LogP contribution in [0.3, 0.4) is 0 Å². The number of hydrogen-bond donors (Lipinski definition) is 2. The van der Waals surface area contributed by atoms with E-state index >= 15 is 0 Å². The van der Waals surface area contributed by atoms with E-state index in [1.807, 2.05) is 4.90 Å². The molecule has 0 unspecified atom stereocenters. The predicted molar refractivity (Wildman–Crippen MR) is 119 cm³/mol. The van der Waals surface area contributed by atoms with Crippen molar-refractivity contribution in [3.63, 3.8) is 0 Å². The highest BCUT2D eigenvalue weighted by atomic mass is 35.5. The first-order chi connectivity index (χ1) is 14.4. The van der Waals surface area contributed by atoms with Gasteiger partial charge in [-0.3, -0.25) is 14.5 Å². The van der Waals surface area contributed by atoms with E-state index < -0.39 is 0 Å². The summed E-state index contributed by atoms with van der Waals surface area (Å²) in [5, 5.41) is 19.0. The van der Waals surface area contributed by atoms with E-state index in [0.29, 0.717) is 62.3 Å². The van der Waals surface area contributed by atoms with Crippen molar-refractivity contribution in [2.45, 2.75) is 12.8 Å². The molecule has 1 heterocycles. The fraction of sp³-hybridized carbons (Fsp3) is 0.524. The van der Waals surface area contributed by atoms with Crippen molar-refractivity contribution in [3.05, 3.63) is 39.9 Å². The molecular weight excluding hydrogens is 429 g/mol. The third-order valence-corrected chi connectivity index (χ3v) is 5.74. The lowest BCUT2D eigenvalue weighted by Gasteiger charge is -2.24. The van der Waals surface area contributed by atoms with Crippen molar-refractivity contribution in [2.24, 2.45) is 0 Å². The summed E-state index contributed by atoms with van der Waals surface area (Å²) in [6, 6.07) is 5.15. The van der Waals surface area contributed by atoms with E-state index in [0.717, 1.165) is 12.0 Å². The van der Waals surface area contributed by atoms with Crippen molar-refractivity contribution in [1.82, 2.24) is 14.7 Å². The number of hydrogen-bond acceptors (Lipinski definition) is 5. The molecule has 0 bridgehead atoms. The molecule has 2 rings (SSSR count). The molecule has 30 heavy (non-hydrogen) atoms. The molecule has 1 aromatic carbocycles. The van der Waals surface area contributed by atoms with Gasteiger partial charge in [-0.25, -0.2) is 0 Å². The quantitative estimate of drug-likeness (QED) is 0.522. The third-order valence-electron chi connectivity index (χ3n) is 5.00. The smallest absolute Gasteiger partial charge is 0.246 e. The molecule has 1 aromatic rings. The molecule has 1 fully saturated rings. The first kappa shape index (κ1) is 24.6. The van der Waals surface area contributed by atoms with E-state index in [2.05, 4.69) is 0 Å². The summed E-state index contributed by atoms with van der Waals surface area (Å²) in [4.78, 5) is 30.4. The summed E-state index contributed by atoms with van der Waals surface area (Å²) in [6.45, 7) is 3.72. The summed E-state index contributed by atoms with van der Waals surface area (Å²) >= 11 is 11.9. The number of aliphatic hydroxyl groups excluding tert-OH is 2. The second-order valence-corrected chi connectivity index (χ2v) is 7.92. The van der Waals surface area contributed by atoms with Gasteiger partial charge in [0, 0.05) is 58.3 Å². The van der Waals surface area contributed by atoms with Gasteiger partial charge < -0.3 is 20.0 Å². The van der Waals surface area contributed by atoms with Gasteiger partial charge >= 0.3 is 0 Å². The molecule has 1 aliphatic rings. The van der Waals surface area contributed by atoms with Crippen LogP contribution in [0.1, 0.15) is 18.4 Å². The molecule has 0 aromatic heterocycles. The molecule has 0 spiro atoms. The standard InChI is InChI=1S/C21H29Cl2N3O4/c22-18-4-2-17(16-19(18)23)3-5-20(29)26-9-6-21(30)25(10-11-26)8-1-7-24(12-14-27)13-15-28/h2-5,16,27-28H,1,6-15H2. The molecule has 166 valence electrons. The average molecular weight is 458 g/mol. The molecule has 0 atom stereocenters. The Bertz CT molecular complexity index is 739. The topological polar surface area (TPSA) is 84.3 Å². The van der Waals surface area contributed by atoms with Crippen molar-refractivity contribution >= 4 is 41.1 Å². The van der Waals surface area contributed by atoms with E-state index in [9.17, 15) is 9.59 Å². The van der Waals surface area contributed by atoms with E-state index in [-0.39, 0.29) is 25.0 Å². The lowest BCUT2D eigenvalue weighted by molar-refractivity contribution is -0.130. The second kappa shape index (κ2) is 12.9. The van der Waals surface area contributed by atoms with Crippen molar-refractivity contribution in [3.8, 4) is 0 Å². The summed E-state index contributed by atoms with van der Waals surface area (Å²) < 4.78 is 0. The summed E-state index contributed by atoms with van der Waals surface area (Å²) in [7, 11) is 0. The second-order valence-electron chi connectivity index (χ2n) is 7.11. The fourth-order valence-corrected chi connectivity index (χ4v) is 3.62. The number of amides is 2. The number of carbonyl (C=O) groups is 2. The van der Waals surface area contributed by atoms with Crippen LogP contribution in [0.25, 0.3) is 6.08 Å². The Morgan fingerprint density at radius 2 is 1.80 bits per heavy atom. The molecule has 2 N–H and O–H groups in total. The minimum atomic E-state index is -0.146. The van der Waals surface area contributed by atoms with Crippen LogP contribution in [0, 0.1) is 0 Å². The SMILES string of the molecule is O=C(C=Cc1ccc(Cl)c(Cl)c1)N1CCC(=O)N(CCCN(CCO)CCO)CC1. The molecule has 2 amide bonds. The summed E-state index contributed by atoms with van der Waals surface area (Å²) in [5.74, 6) is -0.109. The molecule has 7 nitrogen and oxygen atoms in total. The van der Waals surface area contributed by atoms with Crippen molar-refractivity contribution in [1.29, 1.82) is 0 Å². The Balaban J connectivity index is 1.84. The number of carbonyl (C=O) groups excluding carboxylic acids is 2. The van der Waals surface area contributed by atoms with Gasteiger partial charge in [-0.2, -0.15) is 0 Å². The third kappa shape index (κ3) is 7.89. The Morgan fingerprint density at radius 1 is 1.07 bits per heavy atom. The van der Waals surface area contributed by atoms with Crippen LogP contribution in [0.2, 0.25) is 10.0 Å². The fourth-order valence-electron chi connectivity index (χ4n) is 3.32. The molecule has 1 saturated heterocycles. The van der Waals surface area contributed by atoms with Crippen LogP contribution in [0.4, 0.5) is 0 Å². The number of benzene rings is 1. The zero-order chi connectivity index (χ0) is 21.9. The van der Waals surface area contributed by atoms with E-state index in [1.54, 1.807) is 34.1 Å². The summed E-state index contributed by atoms with van der Waals surface area (Å²) in [6.07, 6.45) is 4.22. The van der Waals surface area contributed by atoms with Crippen molar-refractivity contribution in [2.75, 3.05) is 59.0 Å². The zero-order valence-corrected chi connectivity index (χ0v) is 18.5. The molecule has 0 radical (unpaired) electrons. The van der Waals surface area contributed by atoms with Crippen LogP contribution in [0.15, 0.2) is 24.3 Å². The van der Waals surface area contributed by atoms with Gasteiger partial charge in [-0.05, 0) is 30.2 Å². The maximum absolute atomic E-state index is 12.5. The van der Waals surface area contributed by atoms with Gasteiger partial charge in [0.25, 0.3) is 0 Å². The number of rotatable bonds is 10. The monoisotopic (exact) mass is 457 g/mol. The zero-order valence-electron chi connectivity index (χ0n) is 17.0. The lowest BCUT2D eigenvalue weighted by atomic mass is 10.2. The van der Waals surface area contributed by atoms with Crippen LogP contribution in [-0.4, -0.2) is 95.8 Å². The van der Waals surface area contributed by atoms with Gasteiger partial charge in [-0.1, -0.05) is 29.3 Å². The van der Waals surface area contributed by atoms with Crippen molar-refractivity contribution < 1.29 is 19.8 Å². The normalized spacial score (nSPS) is 15.3. The molecule has 9 heteroatoms. The molecule has 1 aliphatic heterocycles. The van der Waals surface area contributed by atoms with Crippen LogP contribution in [-0.2, 0) is 9.59 Å². The lowest BCUT2D eigenvalue weighted by Crippen LogP contribution is -2.37. The highest BCUT2D eigenvalue weighted by Crippen LogP contribution is 2.23. The Morgan fingerprint density at radius 3 is 2.47 bits per heavy atom. The maximum Gasteiger partial charge on any atom is 0.246 e. The minimum Gasteiger partial charge on any atom is -0.395 e. The van der Waals surface area contributed by atoms with E-state index in [4.69, 9.17) is 33.4 Å². The van der Waals surface area contributed by atoms with Crippen LogP contribution in [0.5, 0.6) is 0 Å². The first-order valence-electron chi connectivity index (χ1n) is 10.1. The molecular formula is C21H29Cl2N3O4. The highest BCUT2D eigenvalue weighted by Gasteiger charge is 2.22. The number of halogens is 2. The van der Waals surface area contributed by atoms with Gasteiger partial charge in [0.1, 0.15) is 0 Å².